The SMILES string of the molecule is Cn1cc(N2CCC3CN(c4cnccn4)CC3C2=O)cn1. The quantitative estimate of drug-likeness (QED) is 0.816. The van der Waals surface area contributed by atoms with Gasteiger partial charge in [-0.2, -0.15) is 5.10 Å². The fraction of sp³-hybridized carbons (Fsp3) is 0.467. The average molecular weight is 298 g/mol. The van der Waals surface area contributed by atoms with Crippen molar-refractivity contribution in [1.29, 1.82) is 0 Å². The third-order valence-corrected chi connectivity index (χ3v) is 4.62. The van der Waals surface area contributed by atoms with Crippen LogP contribution in [0.3, 0.4) is 0 Å². The number of nitrogens with zero attached hydrogens (tertiary/aromatic N) is 6. The normalized spacial score (nSPS) is 24.7. The van der Waals surface area contributed by atoms with Gasteiger partial charge in [-0.1, -0.05) is 0 Å². The van der Waals surface area contributed by atoms with Crippen LogP contribution >= 0.6 is 0 Å². The Balaban J connectivity index is 1.54. The topological polar surface area (TPSA) is 67.2 Å². The summed E-state index contributed by atoms with van der Waals surface area (Å²) in [5.74, 6) is 1.51. The number of rotatable bonds is 2. The summed E-state index contributed by atoms with van der Waals surface area (Å²) in [6.45, 7) is 2.37. The molecule has 0 saturated carbocycles. The third kappa shape index (κ3) is 2.13. The van der Waals surface area contributed by atoms with E-state index < -0.39 is 0 Å². The van der Waals surface area contributed by atoms with Crippen molar-refractivity contribution in [3.63, 3.8) is 0 Å². The molecule has 0 aliphatic carbocycles. The predicted octanol–water partition coefficient (Wildman–Crippen LogP) is 0.699. The second kappa shape index (κ2) is 5.08. The molecule has 2 fully saturated rings. The minimum atomic E-state index is 0.0379. The van der Waals surface area contributed by atoms with E-state index in [4.69, 9.17) is 0 Å². The predicted molar refractivity (Wildman–Crippen MR) is 81.4 cm³/mol. The fourth-order valence-corrected chi connectivity index (χ4v) is 3.49. The monoisotopic (exact) mass is 298 g/mol. The summed E-state index contributed by atoms with van der Waals surface area (Å²) in [5.41, 5.74) is 0.893. The molecule has 0 aromatic carbocycles. The summed E-state index contributed by atoms with van der Waals surface area (Å²) in [6, 6.07) is 0. The number of carbonyl (C=O) groups is 1. The molecule has 2 aliphatic rings. The highest BCUT2D eigenvalue weighted by atomic mass is 16.2. The van der Waals surface area contributed by atoms with Crippen LogP contribution in [0.4, 0.5) is 11.5 Å². The second-order valence-electron chi connectivity index (χ2n) is 5.99. The minimum absolute atomic E-state index is 0.0379. The lowest BCUT2D eigenvalue weighted by molar-refractivity contribution is -0.124. The first-order valence-corrected chi connectivity index (χ1v) is 7.53. The fourth-order valence-electron chi connectivity index (χ4n) is 3.49. The van der Waals surface area contributed by atoms with Crippen LogP contribution in [0, 0.1) is 11.8 Å². The molecule has 2 aromatic rings. The van der Waals surface area contributed by atoms with Gasteiger partial charge in [0, 0.05) is 45.3 Å². The Labute approximate surface area is 128 Å². The maximum absolute atomic E-state index is 12.8. The van der Waals surface area contributed by atoms with Crippen molar-refractivity contribution in [2.75, 3.05) is 29.4 Å². The van der Waals surface area contributed by atoms with E-state index in [2.05, 4.69) is 20.0 Å². The zero-order chi connectivity index (χ0) is 15.1. The van der Waals surface area contributed by atoms with Crippen molar-refractivity contribution < 1.29 is 4.79 Å². The van der Waals surface area contributed by atoms with Gasteiger partial charge in [-0.3, -0.25) is 14.5 Å². The van der Waals surface area contributed by atoms with E-state index in [1.165, 1.54) is 0 Å². The molecule has 2 saturated heterocycles. The van der Waals surface area contributed by atoms with E-state index in [1.54, 1.807) is 29.5 Å². The van der Waals surface area contributed by atoms with Crippen molar-refractivity contribution in [2.45, 2.75) is 6.42 Å². The number of hydrogen-bond acceptors (Lipinski definition) is 5. The number of hydrogen-bond donors (Lipinski definition) is 0. The van der Waals surface area contributed by atoms with Crippen LogP contribution < -0.4 is 9.80 Å². The average Bonchev–Trinajstić information content (AvgIpc) is 3.15. The first-order valence-electron chi connectivity index (χ1n) is 7.53. The Morgan fingerprint density at radius 3 is 2.86 bits per heavy atom. The summed E-state index contributed by atoms with van der Waals surface area (Å²) >= 11 is 0. The van der Waals surface area contributed by atoms with Gasteiger partial charge in [-0.15, -0.1) is 0 Å². The van der Waals surface area contributed by atoms with Gasteiger partial charge in [0.05, 0.1) is 24.0 Å². The molecule has 7 nitrogen and oxygen atoms in total. The molecule has 2 atom stereocenters. The van der Waals surface area contributed by atoms with Crippen molar-refractivity contribution in [3.05, 3.63) is 31.0 Å². The number of anilines is 2. The lowest BCUT2D eigenvalue weighted by atomic mass is 9.88. The van der Waals surface area contributed by atoms with Gasteiger partial charge < -0.3 is 9.80 Å². The summed E-state index contributed by atoms with van der Waals surface area (Å²) in [7, 11) is 1.87. The summed E-state index contributed by atoms with van der Waals surface area (Å²) in [4.78, 5) is 25.3. The molecule has 7 heteroatoms. The van der Waals surface area contributed by atoms with Crippen molar-refractivity contribution in [2.24, 2.45) is 18.9 Å². The molecule has 2 aliphatic heterocycles. The number of aromatic nitrogens is 4. The maximum Gasteiger partial charge on any atom is 0.232 e. The molecule has 0 N–H and O–H groups in total. The van der Waals surface area contributed by atoms with Crippen LogP contribution in [-0.2, 0) is 11.8 Å². The number of aryl methyl sites for hydroxylation is 1. The molecule has 114 valence electrons. The Kier molecular flexibility index (Phi) is 3.06. The number of amides is 1. The summed E-state index contributed by atoms with van der Waals surface area (Å²) in [5, 5.41) is 4.17. The van der Waals surface area contributed by atoms with Crippen LogP contribution in [0.1, 0.15) is 6.42 Å². The van der Waals surface area contributed by atoms with Gasteiger partial charge >= 0.3 is 0 Å². The lowest BCUT2D eigenvalue weighted by Gasteiger charge is -2.32. The van der Waals surface area contributed by atoms with Crippen LogP contribution in [-0.4, -0.2) is 45.3 Å². The first-order chi connectivity index (χ1) is 10.7. The third-order valence-electron chi connectivity index (χ3n) is 4.62. The van der Waals surface area contributed by atoms with Crippen LogP contribution in [0.25, 0.3) is 0 Å². The van der Waals surface area contributed by atoms with Crippen LogP contribution in [0.15, 0.2) is 31.0 Å². The zero-order valence-corrected chi connectivity index (χ0v) is 12.5. The van der Waals surface area contributed by atoms with Crippen molar-refractivity contribution in [3.8, 4) is 0 Å². The number of fused-ring (bicyclic) bond motifs is 1. The van der Waals surface area contributed by atoms with Gasteiger partial charge in [0.2, 0.25) is 5.91 Å². The Morgan fingerprint density at radius 2 is 2.14 bits per heavy atom. The summed E-state index contributed by atoms with van der Waals surface area (Å²) < 4.78 is 1.73. The van der Waals surface area contributed by atoms with Crippen LogP contribution in [0.2, 0.25) is 0 Å². The molecule has 0 radical (unpaired) electrons. The van der Waals surface area contributed by atoms with Crippen molar-refractivity contribution >= 4 is 17.4 Å². The molecule has 4 rings (SSSR count). The van der Waals surface area contributed by atoms with E-state index in [1.807, 2.05) is 18.1 Å². The van der Waals surface area contributed by atoms with Gasteiger partial charge in [-0.25, -0.2) is 4.98 Å². The molecular formula is C15H18N6O. The zero-order valence-electron chi connectivity index (χ0n) is 12.5. The lowest BCUT2D eigenvalue weighted by Crippen LogP contribution is -2.45. The molecule has 2 aromatic heterocycles. The molecular weight excluding hydrogens is 280 g/mol. The second-order valence-corrected chi connectivity index (χ2v) is 5.99. The van der Waals surface area contributed by atoms with Gasteiger partial charge in [0.25, 0.3) is 0 Å². The first kappa shape index (κ1) is 13.2. The Bertz CT molecular complexity index is 684. The maximum atomic E-state index is 12.8. The Morgan fingerprint density at radius 1 is 1.23 bits per heavy atom. The van der Waals surface area contributed by atoms with Gasteiger partial charge in [0.1, 0.15) is 5.82 Å². The molecule has 1 amide bonds. The van der Waals surface area contributed by atoms with Gasteiger partial charge in [-0.05, 0) is 12.3 Å². The smallest absolute Gasteiger partial charge is 0.232 e. The highest BCUT2D eigenvalue weighted by Crippen LogP contribution is 2.35. The highest BCUT2D eigenvalue weighted by Gasteiger charge is 2.43. The van der Waals surface area contributed by atoms with Crippen LogP contribution in [0.5, 0.6) is 0 Å². The highest BCUT2D eigenvalue weighted by molar-refractivity contribution is 5.96. The van der Waals surface area contributed by atoms with E-state index in [-0.39, 0.29) is 11.8 Å². The molecule has 4 heterocycles. The van der Waals surface area contributed by atoms with E-state index in [0.29, 0.717) is 5.92 Å². The minimum Gasteiger partial charge on any atom is -0.354 e. The molecule has 0 spiro atoms. The molecule has 22 heavy (non-hydrogen) atoms. The molecule has 2 unspecified atom stereocenters. The largest absolute Gasteiger partial charge is 0.354 e. The Hall–Kier alpha value is -2.44. The molecule has 0 bridgehead atoms. The number of carbonyl (C=O) groups excluding carboxylic acids is 1. The van der Waals surface area contributed by atoms with E-state index in [9.17, 15) is 4.79 Å². The van der Waals surface area contributed by atoms with Crippen molar-refractivity contribution in [1.82, 2.24) is 19.7 Å². The number of piperidine rings is 1. The van der Waals surface area contributed by atoms with E-state index >= 15 is 0 Å². The standard InChI is InChI=1S/C15H18N6O/c1-19-9-12(6-18-19)21-5-2-11-8-20(10-13(11)15(21)22)14-7-16-3-4-17-14/h3-4,6-7,9,11,13H,2,5,8,10H2,1H3. The summed E-state index contributed by atoms with van der Waals surface area (Å²) in [6.07, 6.45) is 9.80. The van der Waals surface area contributed by atoms with Gasteiger partial charge in [0.15, 0.2) is 0 Å². The van der Waals surface area contributed by atoms with E-state index in [0.717, 1.165) is 37.6 Å².